The summed E-state index contributed by atoms with van der Waals surface area (Å²) in [5.41, 5.74) is 0. The minimum atomic E-state index is 0. The molecule has 0 spiro atoms. The Morgan fingerprint density at radius 2 is 0.586 bits per heavy atom. The summed E-state index contributed by atoms with van der Waals surface area (Å²) >= 11 is 0. The summed E-state index contributed by atoms with van der Waals surface area (Å²) in [6.07, 6.45) is 14.3. The summed E-state index contributed by atoms with van der Waals surface area (Å²) in [7, 11) is 0. The molecule has 1 nitrogen and oxygen atoms in total. The van der Waals surface area contributed by atoms with Crippen LogP contribution in [0.15, 0.2) is 0 Å². The third kappa shape index (κ3) is 8.19. The van der Waals surface area contributed by atoms with Crippen molar-refractivity contribution in [1.82, 2.24) is 4.90 Å². The largest absolute Gasteiger partial charge is 0.303 e. The van der Waals surface area contributed by atoms with Crippen molar-refractivity contribution in [2.24, 2.45) is 53.3 Å². The Kier molecular flexibility index (Phi) is 10.0. The summed E-state index contributed by atoms with van der Waals surface area (Å²) in [5.74, 6) is 9.68. The van der Waals surface area contributed by atoms with Crippen molar-refractivity contribution in [2.75, 3.05) is 19.6 Å². The van der Waals surface area contributed by atoms with Crippen LogP contribution in [0.25, 0.3) is 0 Å². The molecule has 1 heteroatoms. The molecule has 8 aliphatic rings. The molecule has 3 saturated heterocycles. The van der Waals surface area contributed by atoms with Gasteiger partial charge in [0.05, 0.1) is 0 Å². The lowest BCUT2D eigenvalue weighted by atomic mass is 9.56. The highest BCUT2D eigenvalue weighted by atomic mass is 15.2. The van der Waals surface area contributed by atoms with E-state index in [9.17, 15) is 0 Å². The van der Waals surface area contributed by atoms with Crippen molar-refractivity contribution in [3.8, 4) is 0 Å². The molecule has 0 aromatic rings. The van der Waals surface area contributed by atoms with Gasteiger partial charge in [0, 0.05) is 19.6 Å². The predicted octanol–water partition coefficient (Wildman–Crippen LogP) is 8.14. The summed E-state index contributed by atoms with van der Waals surface area (Å²) in [6.45, 7) is 17.3. The Bertz CT molecular complexity index is 291. The Morgan fingerprint density at radius 3 is 0.759 bits per heavy atom. The van der Waals surface area contributed by atoms with E-state index in [0.717, 1.165) is 29.6 Å². The molecule has 172 valence electrons. The second-order valence-corrected chi connectivity index (χ2v) is 12.9. The summed E-state index contributed by atoms with van der Waals surface area (Å²) in [4.78, 5) is 2.69. The fourth-order valence-corrected chi connectivity index (χ4v) is 7.45. The van der Waals surface area contributed by atoms with Crippen molar-refractivity contribution < 1.29 is 0 Å². The monoisotopic (exact) mass is 405 g/mol. The number of hydrogen-bond donors (Lipinski definition) is 0. The van der Waals surface area contributed by atoms with Gasteiger partial charge in [-0.25, -0.2) is 0 Å². The molecule has 0 aromatic heterocycles. The maximum Gasteiger partial charge on any atom is 0.00101 e. The van der Waals surface area contributed by atoms with Crippen LogP contribution in [0.5, 0.6) is 0 Å². The Morgan fingerprint density at radius 1 is 0.414 bits per heavy atom. The van der Waals surface area contributed by atoms with E-state index >= 15 is 0 Å². The van der Waals surface area contributed by atoms with Crippen molar-refractivity contribution in [3.05, 3.63) is 0 Å². The molecule has 0 N–H and O–H groups in total. The van der Waals surface area contributed by atoms with E-state index in [2.05, 4.69) is 46.4 Å². The Labute approximate surface area is 184 Å². The van der Waals surface area contributed by atoms with Crippen LogP contribution in [-0.2, 0) is 0 Å². The lowest BCUT2D eigenvalue weighted by molar-refractivity contribution is -0.0169. The Hall–Kier alpha value is -0.0400. The highest BCUT2D eigenvalue weighted by molar-refractivity contribution is 4.94. The van der Waals surface area contributed by atoms with Gasteiger partial charge in [-0.2, -0.15) is 0 Å². The van der Waals surface area contributed by atoms with Crippen LogP contribution in [-0.4, -0.2) is 24.5 Å². The van der Waals surface area contributed by atoms with Crippen LogP contribution < -0.4 is 0 Å². The van der Waals surface area contributed by atoms with Crippen LogP contribution in [0, 0.1) is 53.3 Å². The zero-order valence-corrected chi connectivity index (χ0v) is 20.1. The smallest absolute Gasteiger partial charge is 0.00101 e. The molecule has 0 amide bonds. The van der Waals surface area contributed by atoms with Crippen LogP contribution in [0.4, 0.5) is 0 Å². The highest BCUT2D eigenvalue weighted by Crippen LogP contribution is 2.53. The number of rotatable bonds is 0. The third-order valence-corrected chi connectivity index (χ3v) is 7.55. The standard InChI is InChI=1S/C10H16.C9H15N.2C4H10.CH4/c1-7-2-9-4-8(1)5-10(3-7)6-9;1-7-2-9-3-8(1)5-10(4-7)6-9;2*1-4(2)3;/h7-10H,1-6H2;7-9H,1-6H2;2*4H,1-3H3;1H4. The van der Waals surface area contributed by atoms with E-state index < -0.39 is 0 Å². The van der Waals surface area contributed by atoms with E-state index in [-0.39, 0.29) is 7.43 Å². The molecular formula is C28H55N. The summed E-state index contributed by atoms with van der Waals surface area (Å²) in [5, 5.41) is 0. The van der Waals surface area contributed by atoms with Gasteiger partial charge in [0.15, 0.2) is 0 Å². The van der Waals surface area contributed by atoms with Crippen LogP contribution in [0.2, 0.25) is 0 Å². The summed E-state index contributed by atoms with van der Waals surface area (Å²) in [6, 6.07) is 0. The minimum Gasteiger partial charge on any atom is -0.303 e. The lowest BCUT2D eigenvalue weighted by Crippen LogP contribution is -2.53. The number of nitrogens with zero attached hydrogens (tertiary/aromatic N) is 1. The minimum absolute atomic E-state index is 0. The van der Waals surface area contributed by atoms with E-state index in [4.69, 9.17) is 0 Å². The lowest BCUT2D eigenvalue weighted by Gasteiger charge is -2.51. The molecule has 0 atom stereocenters. The first-order valence-electron chi connectivity index (χ1n) is 13.0. The highest BCUT2D eigenvalue weighted by Gasteiger charge is 2.42. The molecule has 3 heterocycles. The van der Waals surface area contributed by atoms with Crippen LogP contribution in [0.3, 0.4) is 0 Å². The molecule has 8 rings (SSSR count). The maximum atomic E-state index is 2.69. The number of hydrogen-bond acceptors (Lipinski definition) is 1. The predicted molar refractivity (Wildman–Crippen MR) is 130 cm³/mol. The molecule has 8 bridgehead atoms. The van der Waals surface area contributed by atoms with Gasteiger partial charge in [-0.1, -0.05) is 49.0 Å². The average Bonchev–Trinajstić information content (AvgIpc) is 2.51. The van der Waals surface area contributed by atoms with E-state index in [1.54, 1.807) is 57.8 Å². The molecule has 8 fully saturated rings. The quantitative estimate of drug-likeness (QED) is 0.393. The van der Waals surface area contributed by atoms with Gasteiger partial charge >= 0.3 is 0 Å². The molecule has 0 aromatic carbocycles. The van der Waals surface area contributed by atoms with Gasteiger partial charge in [0.25, 0.3) is 0 Å². The average molecular weight is 406 g/mol. The van der Waals surface area contributed by atoms with Gasteiger partial charge in [0.2, 0.25) is 0 Å². The second-order valence-electron chi connectivity index (χ2n) is 12.9. The molecule has 0 unspecified atom stereocenters. The molecule has 29 heavy (non-hydrogen) atoms. The van der Waals surface area contributed by atoms with E-state index in [1.807, 2.05) is 0 Å². The van der Waals surface area contributed by atoms with Crippen molar-refractivity contribution in [2.45, 2.75) is 107 Å². The van der Waals surface area contributed by atoms with Gasteiger partial charge in [-0.15, -0.1) is 0 Å². The van der Waals surface area contributed by atoms with Crippen LogP contribution in [0.1, 0.15) is 107 Å². The Balaban J connectivity index is 0.000000150. The van der Waals surface area contributed by atoms with Gasteiger partial charge < -0.3 is 4.90 Å². The van der Waals surface area contributed by atoms with Gasteiger partial charge in [0.1, 0.15) is 0 Å². The first-order chi connectivity index (χ1) is 13.3. The van der Waals surface area contributed by atoms with Gasteiger partial charge in [-0.3, -0.25) is 0 Å². The second kappa shape index (κ2) is 11.5. The summed E-state index contributed by atoms with van der Waals surface area (Å²) < 4.78 is 0. The van der Waals surface area contributed by atoms with Crippen molar-refractivity contribution >= 4 is 0 Å². The van der Waals surface area contributed by atoms with E-state index in [1.165, 1.54) is 43.3 Å². The van der Waals surface area contributed by atoms with Crippen LogP contribution >= 0.6 is 0 Å². The molecule has 5 aliphatic carbocycles. The fourth-order valence-electron chi connectivity index (χ4n) is 7.45. The molecule has 5 saturated carbocycles. The topological polar surface area (TPSA) is 3.24 Å². The first-order valence-corrected chi connectivity index (χ1v) is 13.0. The number of piperidine rings is 3. The third-order valence-electron chi connectivity index (χ3n) is 7.55. The molecule has 3 aliphatic heterocycles. The SMILES string of the molecule is C.C1C2CC3CC1CC(C2)C3.C1C2CC3CC1CN(C2)C3.CC(C)C.CC(C)C. The normalized spacial score (nSPS) is 42.2. The van der Waals surface area contributed by atoms with Crippen molar-refractivity contribution in [3.63, 3.8) is 0 Å². The molecular weight excluding hydrogens is 350 g/mol. The molecule has 0 radical (unpaired) electrons. The zero-order chi connectivity index (χ0) is 20.3. The fraction of sp³-hybridized carbons (Fsp3) is 1.00. The van der Waals surface area contributed by atoms with Crippen molar-refractivity contribution in [1.29, 1.82) is 0 Å². The zero-order valence-electron chi connectivity index (χ0n) is 20.1. The van der Waals surface area contributed by atoms with E-state index in [0.29, 0.717) is 0 Å². The maximum absolute atomic E-state index is 2.69. The first kappa shape index (κ1) is 25.2. The van der Waals surface area contributed by atoms with Gasteiger partial charge in [-0.05, 0) is 111 Å².